The van der Waals surface area contributed by atoms with Gasteiger partial charge in [0, 0.05) is 31.1 Å². The molecule has 0 saturated heterocycles. The Morgan fingerprint density at radius 2 is 1.72 bits per heavy atom. The Kier molecular flexibility index (Phi) is 7.68. The second-order valence-corrected chi connectivity index (χ2v) is 9.16. The van der Waals surface area contributed by atoms with Crippen LogP contribution in [0.25, 0.3) is 0 Å². The highest BCUT2D eigenvalue weighted by atomic mass is 32.2. The van der Waals surface area contributed by atoms with Gasteiger partial charge >= 0.3 is 11.5 Å². The zero-order valence-electron chi connectivity index (χ0n) is 18.8. The van der Waals surface area contributed by atoms with Crippen molar-refractivity contribution in [1.82, 2.24) is 15.7 Å². The van der Waals surface area contributed by atoms with Gasteiger partial charge in [-0.05, 0) is 42.8 Å². The summed E-state index contributed by atoms with van der Waals surface area (Å²) in [7, 11) is -4.09. The number of rotatable bonds is 7. The van der Waals surface area contributed by atoms with Gasteiger partial charge in [0.05, 0.1) is 10.6 Å². The molecule has 0 aliphatic heterocycles. The number of ether oxygens (including phenoxy) is 1. The number of amides is 3. The molecule has 0 radical (unpaired) electrons. The van der Waals surface area contributed by atoms with Crippen molar-refractivity contribution in [3.63, 3.8) is 0 Å². The fourth-order valence-electron chi connectivity index (χ4n) is 2.82. The zero-order chi connectivity index (χ0) is 26.5. The first-order valence-corrected chi connectivity index (χ1v) is 11.6. The number of hydrogen-bond acceptors (Lipinski definition) is 7. The maximum absolute atomic E-state index is 12.8. The smallest absolute Gasteiger partial charge is 0.457 e. The highest BCUT2D eigenvalue weighted by Crippen LogP contribution is 2.31. The van der Waals surface area contributed by atoms with Gasteiger partial charge in [-0.15, -0.1) is 0 Å². The molecule has 1 heterocycles. The Hall–Kier alpha value is -4.33. The van der Waals surface area contributed by atoms with Crippen LogP contribution in [0.1, 0.15) is 16.1 Å². The van der Waals surface area contributed by atoms with E-state index in [0.29, 0.717) is 28.8 Å². The molecule has 3 rings (SSSR count). The van der Waals surface area contributed by atoms with Gasteiger partial charge in [0.2, 0.25) is 0 Å². The van der Waals surface area contributed by atoms with Crippen molar-refractivity contribution < 1.29 is 35.9 Å². The van der Waals surface area contributed by atoms with Crippen molar-refractivity contribution in [3.05, 3.63) is 72.1 Å². The number of carbonyl (C=O) groups is 2. The van der Waals surface area contributed by atoms with Crippen LogP contribution in [-0.2, 0) is 9.84 Å². The lowest BCUT2D eigenvalue weighted by molar-refractivity contribution is -0.0436. The molecule has 10 nitrogen and oxygen atoms in total. The Morgan fingerprint density at radius 3 is 2.42 bits per heavy atom. The number of hydrogen-bond donors (Lipinski definition) is 4. The Morgan fingerprint density at radius 1 is 1.00 bits per heavy atom. The molecule has 0 fully saturated rings. The van der Waals surface area contributed by atoms with Crippen LogP contribution in [0.4, 0.5) is 29.3 Å². The molecule has 190 valence electrons. The van der Waals surface area contributed by atoms with Gasteiger partial charge in [0.15, 0.2) is 0 Å². The molecule has 1 aromatic heterocycles. The summed E-state index contributed by atoms with van der Waals surface area (Å²) in [6.07, 6.45) is 1.41. The van der Waals surface area contributed by atoms with Crippen LogP contribution in [0.15, 0.2) is 65.7 Å². The van der Waals surface area contributed by atoms with E-state index >= 15 is 0 Å². The van der Waals surface area contributed by atoms with Gasteiger partial charge in [-0.25, -0.2) is 13.2 Å². The number of hydrazine groups is 1. The van der Waals surface area contributed by atoms with Crippen molar-refractivity contribution in [2.75, 3.05) is 17.8 Å². The molecule has 0 bridgehead atoms. The molecule has 14 heteroatoms. The molecule has 0 atom stereocenters. The van der Waals surface area contributed by atoms with E-state index in [4.69, 9.17) is 4.74 Å². The summed E-state index contributed by atoms with van der Waals surface area (Å²) < 4.78 is 67.2. The lowest BCUT2D eigenvalue weighted by atomic mass is 10.2. The molecule has 0 aliphatic carbocycles. The molecule has 2 aromatic carbocycles. The van der Waals surface area contributed by atoms with E-state index in [1.54, 1.807) is 31.2 Å². The Bertz CT molecular complexity index is 1400. The fourth-order valence-corrected chi connectivity index (χ4v) is 3.63. The zero-order valence-corrected chi connectivity index (χ0v) is 19.6. The summed E-state index contributed by atoms with van der Waals surface area (Å²) in [4.78, 5) is 26.9. The SMILES string of the molecule is CNC(=O)c1cc(Oc2ccc(C)c(NNC(=O)Nc3cccc(S(=O)(=O)C(F)(F)F)c3)c2)ccn1. The molecule has 0 unspecified atom stereocenters. The van der Waals surface area contributed by atoms with E-state index in [1.165, 1.54) is 25.4 Å². The monoisotopic (exact) mass is 523 g/mol. The van der Waals surface area contributed by atoms with Crippen molar-refractivity contribution in [1.29, 1.82) is 0 Å². The molecule has 3 amide bonds. The van der Waals surface area contributed by atoms with Crippen LogP contribution in [-0.4, -0.2) is 37.9 Å². The maximum Gasteiger partial charge on any atom is 0.501 e. The number of urea groups is 1. The number of sulfone groups is 1. The third-order valence-electron chi connectivity index (χ3n) is 4.65. The quantitative estimate of drug-likeness (QED) is 0.344. The van der Waals surface area contributed by atoms with Gasteiger partial charge in [-0.1, -0.05) is 12.1 Å². The minimum Gasteiger partial charge on any atom is -0.457 e. The normalized spacial score (nSPS) is 11.4. The van der Waals surface area contributed by atoms with Crippen LogP contribution in [0.3, 0.4) is 0 Å². The van der Waals surface area contributed by atoms with E-state index in [0.717, 1.165) is 12.1 Å². The second kappa shape index (κ2) is 10.5. The fraction of sp³-hybridized carbons (Fsp3) is 0.136. The molecular formula is C22H20F3N5O5S. The van der Waals surface area contributed by atoms with E-state index in [2.05, 4.69) is 26.5 Å². The van der Waals surface area contributed by atoms with Crippen LogP contribution in [0.5, 0.6) is 11.5 Å². The average Bonchev–Trinajstić information content (AvgIpc) is 2.83. The summed E-state index contributed by atoms with van der Waals surface area (Å²) in [5, 5.41) is 4.71. The predicted octanol–water partition coefficient (Wildman–Crippen LogP) is 3.98. The van der Waals surface area contributed by atoms with Gasteiger partial charge < -0.3 is 15.4 Å². The topological polar surface area (TPSA) is 139 Å². The number of alkyl halides is 3. The first-order chi connectivity index (χ1) is 16.9. The second-order valence-electron chi connectivity index (χ2n) is 7.22. The van der Waals surface area contributed by atoms with Gasteiger partial charge in [0.25, 0.3) is 15.7 Å². The number of nitrogens with one attached hydrogen (secondary N) is 4. The highest BCUT2D eigenvalue weighted by Gasteiger charge is 2.46. The number of benzene rings is 2. The number of carbonyl (C=O) groups excluding carboxylic acids is 2. The maximum atomic E-state index is 12.8. The molecule has 0 spiro atoms. The molecule has 0 saturated carbocycles. The number of aryl methyl sites for hydroxylation is 1. The number of nitrogens with zero attached hydrogens (tertiary/aromatic N) is 1. The predicted molar refractivity (Wildman–Crippen MR) is 124 cm³/mol. The van der Waals surface area contributed by atoms with Crippen molar-refractivity contribution in [2.45, 2.75) is 17.3 Å². The minimum absolute atomic E-state index is 0.158. The molecule has 3 aromatic rings. The standard InChI is InChI=1S/C22H20F3N5O5S/c1-13-6-7-15(35-16-8-9-27-19(12-16)20(31)26-2)11-18(13)29-30-21(32)28-14-4-3-5-17(10-14)36(33,34)22(23,24)25/h3-12,29H,1-2H3,(H,26,31)(H2,28,30,32). The first-order valence-electron chi connectivity index (χ1n) is 10.1. The molecule has 0 aliphatic rings. The van der Waals surface area contributed by atoms with Crippen LogP contribution in [0.2, 0.25) is 0 Å². The number of aromatic nitrogens is 1. The summed E-state index contributed by atoms with van der Waals surface area (Å²) in [5.74, 6) is 0.325. The van der Waals surface area contributed by atoms with Crippen LogP contribution >= 0.6 is 0 Å². The highest BCUT2D eigenvalue weighted by molar-refractivity contribution is 7.92. The summed E-state index contributed by atoms with van der Waals surface area (Å²) in [6.45, 7) is 1.74. The Labute approximate surface area is 203 Å². The van der Waals surface area contributed by atoms with Crippen molar-refractivity contribution in [3.8, 4) is 11.5 Å². The largest absolute Gasteiger partial charge is 0.501 e. The van der Waals surface area contributed by atoms with E-state index in [-0.39, 0.29) is 17.3 Å². The summed E-state index contributed by atoms with van der Waals surface area (Å²) in [5.41, 5.74) is 0.615. The Balaban J connectivity index is 1.67. The van der Waals surface area contributed by atoms with Crippen LogP contribution < -0.4 is 26.2 Å². The molecule has 36 heavy (non-hydrogen) atoms. The van der Waals surface area contributed by atoms with Crippen molar-refractivity contribution >= 4 is 33.2 Å². The van der Waals surface area contributed by atoms with Gasteiger partial charge in [-0.2, -0.15) is 13.2 Å². The van der Waals surface area contributed by atoms with Gasteiger partial charge in [-0.3, -0.25) is 20.6 Å². The summed E-state index contributed by atoms with van der Waals surface area (Å²) >= 11 is 0. The molecular weight excluding hydrogens is 503 g/mol. The minimum atomic E-state index is -5.56. The first kappa shape index (κ1) is 26.3. The van der Waals surface area contributed by atoms with E-state index in [1.807, 2.05) is 0 Å². The lowest BCUT2D eigenvalue weighted by Crippen LogP contribution is -2.34. The van der Waals surface area contributed by atoms with E-state index < -0.39 is 26.3 Å². The van der Waals surface area contributed by atoms with Crippen LogP contribution in [0, 0.1) is 6.92 Å². The lowest BCUT2D eigenvalue weighted by Gasteiger charge is -2.14. The van der Waals surface area contributed by atoms with Gasteiger partial charge in [0.1, 0.15) is 17.2 Å². The third kappa shape index (κ3) is 6.21. The number of halogens is 3. The number of pyridine rings is 1. The third-order valence-corrected chi connectivity index (χ3v) is 6.14. The average molecular weight is 523 g/mol. The summed E-state index contributed by atoms with van der Waals surface area (Å²) in [6, 6.07) is 10.8. The number of anilines is 2. The van der Waals surface area contributed by atoms with E-state index in [9.17, 15) is 31.2 Å². The molecule has 4 N–H and O–H groups in total. The van der Waals surface area contributed by atoms with Crippen molar-refractivity contribution in [2.24, 2.45) is 0 Å².